The lowest BCUT2D eigenvalue weighted by Crippen LogP contribution is -2.29. The molecule has 1 aromatic carbocycles. The molecule has 0 unspecified atom stereocenters. The summed E-state index contributed by atoms with van der Waals surface area (Å²) >= 11 is 0. The zero-order valence-electron chi connectivity index (χ0n) is 12.6. The van der Waals surface area contributed by atoms with Crippen molar-refractivity contribution in [3.63, 3.8) is 0 Å². The third kappa shape index (κ3) is 4.19. The van der Waals surface area contributed by atoms with E-state index in [9.17, 15) is 9.59 Å². The predicted molar refractivity (Wildman–Crippen MR) is 85.3 cm³/mol. The first kappa shape index (κ1) is 18.4. The van der Waals surface area contributed by atoms with Crippen LogP contribution in [-0.4, -0.2) is 37.7 Å². The van der Waals surface area contributed by atoms with Gasteiger partial charge in [-0.3, -0.25) is 4.79 Å². The van der Waals surface area contributed by atoms with Gasteiger partial charge in [0.2, 0.25) is 0 Å². The molecule has 2 rings (SSSR count). The Hall–Kier alpha value is -1.63. The lowest BCUT2D eigenvalue weighted by molar-refractivity contribution is -0.126. The van der Waals surface area contributed by atoms with Crippen molar-refractivity contribution in [2.24, 2.45) is 5.73 Å². The molecule has 0 spiro atoms. The fraction of sp³-hybridized carbons (Fsp3) is 0.467. The first-order chi connectivity index (χ1) is 10.0. The molecule has 1 heterocycles. The number of hydrogen-bond donors (Lipinski definition) is 2. The first-order valence-electron chi connectivity index (χ1n) is 6.90. The van der Waals surface area contributed by atoms with Gasteiger partial charge in [-0.25, -0.2) is 4.79 Å². The third-order valence-corrected chi connectivity index (χ3v) is 3.57. The van der Waals surface area contributed by atoms with Crippen LogP contribution in [0, 0.1) is 6.92 Å². The number of halogens is 1. The molecule has 3 N–H and O–H groups in total. The summed E-state index contributed by atoms with van der Waals surface area (Å²) < 4.78 is 10.3. The van der Waals surface area contributed by atoms with Crippen LogP contribution >= 0.6 is 12.4 Å². The van der Waals surface area contributed by atoms with Gasteiger partial charge in [0.25, 0.3) is 5.91 Å². The number of benzene rings is 1. The topological polar surface area (TPSA) is 90.7 Å². The average molecular weight is 329 g/mol. The molecule has 2 atom stereocenters. The second kappa shape index (κ2) is 8.12. The van der Waals surface area contributed by atoms with Crippen LogP contribution in [0.1, 0.15) is 28.8 Å². The molecule has 0 bridgehead atoms. The number of esters is 1. The summed E-state index contributed by atoms with van der Waals surface area (Å²) in [5.41, 5.74) is 7.30. The van der Waals surface area contributed by atoms with Gasteiger partial charge in [-0.05, 0) is 37.5 Å². The largest absolute Gasteiger partial charge is 0.465 e. The number of nitrogens with one attached hydrogen (secondary N) is 1. The number of hydrogen-bond acceptors (Lipinski definition) is 5. The molecule has 1 aliphatic heterocycles. The van der Waals surface area contributed by atoms with Crippen LogP contribution in [0.4, 0.5) is 5.69 Å². The van der Waals surface area contributed by atoms with E-state index in [0.29, 0.717) is 24.2 Å². The normalized spacial score (nSPS) is 20.1. The Morgan fingerprint density at radius 1 is 1.41 bits per heavy atom. The molecule has 1 aromatic rings. The number of amides is 1. The minimum atomic E-state index is -0.485. The predicted octanol–water partition coefficient (Wildman–Crippen LogP) is 1.65. The van der Waals surface area contributed by atoms with Gasteiger partial charge in [0.05, 0.1) is 18.8 Å². The number of nitrogens with two attached hydrogens (primary N) is 1. The van der Waals surface area contributed by atoms with Crippen molar-refractivity contribution in [2.45, 2.75) is 32.0 Å². The highest BCUT2D eigenvalue weighted by atomic mass is 35.5. The molecule has 22 heavy (non-hydrogen) atoms. The average Bonchev–Trinajstić information content (AvgIpc) is 2.97. The van der Waals surface area contributed by atoms with E-state index < -0.39 is 12.1 Å². The van der Waals surface area contributed by atoms with Gasteiger partial charge in [-0.15, -0.1) is 12.4 Å². The minimum Gasteiger partial charge on any atom is -0.465 e. The summed E-state index contributed by atoms with van der Waals surface area (Å²) in [7, 11) is 1.33. The van der Waals surface area contributed by atoms with Gasteiger partial charge in [0.1, 0.15) is 6.10 Å². The van der Waals surface area contributed by atoms with Gasteiger partial charge in [-0.2, -0.15) is 0 Å². The zero-order valence-corrected chi connectivity index (χ0v) is 13.4. The highest BCUT2D eigenvalue weighted by molar-refractivity contribution is 5.97. The molecule has 1 fully saturated rings. The Morgan fingerprint density at radius 2 is 2.14 bits per heavy atom. The highest BCUT2D eigenvalue weighted by Crippen LogP contribution is 2.21. The number of methoxy groups -OCH3 is 1. The maximum absolute atomic E-state index is 12.1. The fourth-order valence-corrected chi connectivity index (χ4v) is 2.32. The second-order valence-electron chi connectivity index (χ2n) is 5.07. The van der Waals surface area contributed by atoms with E-state index >= 15 is 0 Å². The van der Waals surface area contributed by atoms with Crippen molar-refractivity contribution in [1.29, 1.82) is 0 Å². The molecule has 1 amide bonds. The van der Waals surface area contributed by atoms with Gasteiger partial charge >= 0.3 is 5.97 Å². The Kier molecular flexibility index (Phi) is 6.80. The Labute approximate surface area is 135 Å². The van der Waals surface area contributed by atoms with Crippen molar-refractivity contribution in [2.75, 3.05) is 19.0 Å². The molecule has 0 aliphatic carbocycles. The lowest BCUT2D eigenvalue weighted by atomic mass is 10.1. The smallest absolute Gasteiger partial charge is 0.338 e. The number of carbonyl (C=O) groups excluding carboxylic acids is 2. The van der Waals surface area contributed by atoms with E-state index in [0.717, 1.165) is 12.0 Å². The van der Waals surface area contributed by atoms with E-state index in [-0.39, 0.29) is 24.4 Å². The van der Waals surface area contributed by atoms with Crippen molar-refractivity contribution in [1.82, 2.24) is 0 Å². The van der Waals surface area contributed by atoms with E-state index in [1.807, 2.05) is 6.92 Å². The number of aryl methyl sites for hydroxylation is 1. The Morgan fingerprint density at radius 3 is 2.73 bits per heavy atom. The summed E-state index contributed by atoms with van der Waals surface area (Å²) in [6, 6.07) is 5.11. The van der Waals surface area contributed by atoms with Crippen molar-refractivity contribution < 1.29 is 19.1 Å². The molecule has 1 saturated heterocycles. The standard InChI is InChI=1S/C15H20N2O4.ClH/c1-9-3-4-10(7-12(9)15(19)20-2)17-14(18)13-6-5-11(8-16)21-13;/h3-4,7,11,13H,5-6,8,16H2,1-2H3,(H,17,18);1H/t11-,13+;/m1./s1. The summed E-state index contributed by atoms with van der Waals surface area (Å²) in [6.07, 6.45) is 0.907. The Balaban J connectivity index is 0.00000242. The lowest BCUT2D eigenvalue weighted by Gasteiger charge is -2.13. The monoisotopic (exact) mass is 328 g/mol. The summed E-state index contributed by atoms with van der Waals surface area (Å²) in [6.45, 7) is 2.23. The maximum atomic E-state index is 12.1. The second-order valence-corrected chi connectivity index (χ2v) is 5.07. The van der Waals surface area contributed by atoms with Crippen molar-refractivity contribution >= 4 is 30.0 Å². The van der Waals surface area contributed by atoms with E-state index in [2.05, 4.69) is 5.32 Å². The molecule has 122 valence electrons. The fourth-order valence-electron chi connectivity index (χ4n) is 2.32. The SMILES string of the molecule is COC(=O)c1cc(NC(=O)[C@@H]2CC[C@H](CN)O2)ccc1C.Cl. The number of carbonyl (C=O) groups is 2. The van der Waals surface area contributed by atoms with Gasteiger partial charge in [-0.1, -0.05) is 6.07 Å². The number of rotatable bonds is 4. The zero-order chi connectivity index (χ0) is 15.4. The van der Waals surface area contributed by atoms with Gasteiger partial charge < -0.3 is 20.5 Å². The van der Waals surface area contributed by atoms with Crippen LogP contribution in [0.2, 0.25) is 0 Å². The molecule has 6 nitrogen and oxygen atoms in total. The van der Waals surface area contributed by atoms with E-state index in [4.69, 9.17) is 15.2 Å². The van der Waals surface area contributed by atoms with E-state index in [1.165, 1.54) is 7.11 Å². The third-order valence-electron chi connectivity index (χ3n) is 3.57. The summed E-state index contributed by atoms with van der Waals surface area (Å²) in [4.78, 5) is 23.8. The van der Waals surface area contributed by atoms with Crippen molar-refractivity contribution in [3.05, 3.63) is 29.3 Å². The minimum absolute atomic E-state index is 0. The van der Waals surface area contributed by atoms with Crippen LogP contribution < -0.4 is 11.1 Å². The van der Waals surface area contributed by atoms with Crippen LogP contribution in [0.15, 0.2) is 18.2 Å². The quantitative estimate of drug-likeness (QED) is 0.820. The first-order valence-corrected chi connectivity index (χ1v) is 6.90. The molecular formula is C15H21ClN2O4. The molecule has 7 heteroatoms. The molecule has 0 aromatic heterocycles. The molecule has 0 radical (unpaired) electrons. The van der Waals surface area contributed by atoms with Gasteiger partial charge in [0, 0.05) is 12.2 Å². The number of anilines is 1. The molecule has 1 aliphatic rings. The van der Waals surface area contributed by atoms with Crippen LogP contribution in [-0.2, 0) is 14.3 Å². The van der Waals surface area contributed by atoms with Gasteiger partial charge in [0.15, 0.2) is 0 Å². The van der Waals surface area contributed by atoms with E-state index in [1.54, 1.807) is 18.2 Å². The van der Waals surface area contributed by atoms with Crippen LogP contribution in [0.25, 0.3) is 0 Å². The molecular weight excluding hydrogens is 308 g/mol. The van der Waals surface area contributed by atoms with Crippen molar-refractivity contribution in [3.8, 4) is 0 Å². The highest BCUT2D eigenvalue weighted by Gasteiger charge is 2.29. The summed E-state index contributed by atoms with van der Waals surface area (Å²) in [5.74, 6) is -0.644. The van der Waals surface area contributed by atoms with Crippen LogP contribution in [0.3, 0.4) is 0 Å². The van der Waals surface area contributed by atoms with Crippen LogP contribution in [0.5, 0.6) is 0 Å². The maximum Gasteiger partial charge on any atom is 0.338 e. The molecule has 0 saturated carbocycles. The Bertz CT molecular complexity index is 550. The number of ether oxygens (including phenoxy) is 2. The summed E-state index contributed by atoms with van der Waals surface area (Å²) in [5, 5.41) is 2.76.